The summed E-state index contributed by atoms with van der Waals surface area (Å²) in [6.45, 7) is 1.57. The van der Waals surface area contributed by atoms with Crippen molar-refractivity contribution in [3.8, 4) is 5.75 Å². The highest BCUT2D eigenvalue weighted by Crippen LogP contribution is 2.24. The number of nitrogens with two attached hydrogens (primary N) is 1. The van der Waals surface area contributed by atoms with Gasteiger partial charge < -0.3 is 20.5 Å². The second-order valence-electron chi connectivity index (χ2n) is 7.00. The molecule has 10 nitrogen and oxygen atoms in total. The molecule has 1 aliphatic heterocycles. The number of carboxylic acids is 1. The second kappa shape index (κ2) is 10.9. The fourth-order valence-electron chi connectivity index (χ4n) is 3.06. The number of hydrogen-bond acceptors (Lipinski definition) is 6. The molecule has 2 aromatic rings. The third kappa shape index (κ3) is 6.49. The lowest BCUT2D eigenvalue weighted by Crippen LogP contribution is -2.50. The van der Waals surface area contributed by atoms with E-state index in [-0.39, 0.29) is 43.7 Å². The molecule has 3 rings (SSSR count). The Labute approximate surface area is 190 Å². The highest BCUT2D eigenvalue weighted by Gasteiger charge is 2.32. The van der Waals surface area contributed by atoms with Crippen molar-refractivity contribution in [3.05, 3.63) is 59.4 Å². The van der Waals surface area contributed by atoms with Crippen LogP contribution in [0.25, 0.3) is 0 Å². The number of carbonyl (C=O) groups excluding carboxylic acids is 1. The summed E-state index contributed by atoms with van der Waals surface area (Å²) in [5, 5.41) is 14.8. The van der Waals surface area contributed by atoms with Crippen molar-refractivity contribution in [3.63, 3.8) is 0 Å². The number of amides is 1. The number of hydrogen-bond donors (Lipinski definition) is 3. The molecule has 1 saturated heterocycles. The van der Waals surface area contributed by atoms with E-state index in [1.165, 1.54) is 23.5 Å². The quantitative estimate of drug-likeness (QED) is 0.431. The molecule has 0 bridgehead atoms. The number of carboxylic acid groups (broad SMARTS) is 1. The summed E-state index contributed by atoms with van der Waals surface area (Å²) >= 11 is 0. The van der Waals surface area contributed by atoms with Crippen LogP contribution in [0.2, 0.25) is 0 Å². The molecule has 2 aromatic carbocycles. The zero-order chi connectivity index (χ0) is 24.8. The number of amidine groups is 1. The molecule has 0 atom stereocenters. The minimum absolute atomic E-state index is 0.0606. The molecule has 1 fully saturated rings. The number of rotatable bonds is 5. The van der Waals surface area contributed by atoms with E-state index in [1.54, 1.807) is 29.2 Å². The second-order valence-corrected chi connectivity index (χ2v) is 8.91. The van der Waals surface area contributed by atoms with Gasteiger partial charge in [0.2, 0.25) is 10.0 Å². The molecule has 0 aromatic heterocycles. The van der Waals surface area contributed by atoms with Crippen LogP contribution in [0.5, 0.6) is 5.75 Å². The Bertz CT molecular complexity index is 1130. The SMILES string of the molecule is CC(=O)O.COc1ccc(S(=O)(=O)N2CCN(C(=O)c3ccc(C(=N)N)cc3)CC2)c(F)c1. The Morgan fingerprint density at radius 1 is 1.06 bits per heavy atom. The van der Waals surface area contributed by atoms with Crippen molar-refractivity contribution in [1.82, 2.24) is 9.21 Å². The highest BCUT2D eigenvalue weighted by molar-refractivity contribution is 7.89. The molecular weight excluding hydrogens is 455 g/mol. The molecule has 1 amide bonds. The minimum Gasteiger partial charge on any atom is -0.497 e. The van der Waals surface area contributed by atoms with Gasteiger partial charge in [-0.05, 0) is 24.3 Å². The number of nitrogens with zero attached hydrogens (tertiary/aromatic N) is 2. The number of halogens is 1. The summed E-state index contributed by atoms with van der Waals surface area (Å²) in [5.41, 5.74) is 6.34. The lowest BCUT2D eigenvalue weighted by molar-refractivity contribution is -0.134. The van der Waals surface area contributed by atoms with Gasteiger partial charge in [-0.15, -0.1) is 0 Å². The van der Waals surface area contributed by atoms with E-state index in [2.05, 4.69) is 0 Å². The third-order valence-electron chi connectivity index (χ3n) is 4.73. The van der Waals surface area contributed by atoms with Crippen LogP contribution in [0, 0.1) is 11.2 Å². The van der Waals surface area contributed by atoms with Crippen LogP contribution in [0.15, 0.2) is 47.4 Å². The molecule has 178 valence electrons. The predicted molar refractivity (Wildman–Crippen MR) is 118 cm³/mol. The molecular formula is C21H25FN4O6S. The summed E-state index contributed by atoms with van der Waals surface area (Å²) < 4.78 is 45.8. The van der Waals surface area contributed by atoms with Crippen LogP contribution in [0.4, 0.5) is 4.39 Å². The van der Waals surface area contributed by atoms with E-state index >= 15 is 0 Å². The number of methoxy groups -OCH3 is 1. The van der Waals surface area contributed by atoms with Gasteiger partial charge in [-0.25, -0.2) is 12.8 Å². The molecule has 33 heavy (non-hydrogen) atoms. The van der Waals surface area contributed by atoms with Gasteiger partial charge in [-0.2, -0.15) is 4.31 Å². The molecule has 12 heteroatoms. The molecule has 1 aliphatic rings. The zero-order valence-electron chi connectivity index (χ0n) is 18.1. The number of carbonyl (C=O) groups is 2. The Kier molecular flexibility index (Phi) is 8.49. The average molecular weight is 481 g/mol. The fourth-order valence-corrected chi connectivity index (χ4v) is 4.53. The number of nitrogens with one attached hydrogen (secondary N) is 1. The number of piperazine rings is 1. The van der Waals surface area contributed by atoms with Crippen LogP contribution >= 0.6 is 0 Å². The average Bonchev–Trinajstić information content (AvgIpc) is 2.78. The van der Waals surface area contributed by atoms with Crippen LogP contribution < -0.4 is 10.5 Å². The predicted octanol–water partition coefficient (Wildman–Crippen LogP) is 1.36. The van der Waals surface area contributed by atoms with Gasteiger partial charge in [0, 0.05) is 50.3 Å². The third-order valence-corrected chi connectivity index (χ3v) is 6.66. The Hall–Kier alpha value is -3.51. The van der Waals surface area contributed by atoms with Crippen molar-refractivity contribution in [1.29, 1.82) is 5.41 Å². The lowest BCUT2D eigenvalue weighted by Gasteiger charge is -2.34. The maximum Gasteiger partial charge on any atom is 0.300 e. The Morgan fingerprint density at radius 2 is 1.58 bits per heavy atom. The molecule has 0 saturated carbocycles. The molecule has 0 radical (unpaired) electrons. The Morgan fingerprint density at radius 3 is 2.03 bits per heavy atom. The molecule has 4 N–H and O–H groups in total. The molecule has 0 unspecified atom stereocenters. The van der Waals surface area contributed by atoms with Crippen molar-refractivity contribution in [2.75, 3.05) is 33.3 Å². The van der Waals surface area contributed by atoms with Crippen molar-refractivity contribution in [2.45, 2.75) is 11.8 Å². The summed E-state index contributed by atoms with van der Waals surface area (Å²) in [4.78, 5) is 22.8. The van der Waals surface area contributed by atoms with Crippen LogP contribution in [-0.2, 0) is 14.8 Å². The van der Waals surface area contributed by atoms with Crippen molar-refractivity contribution in [2.24, 2.45) is 5.73 Å². The summed E-state index contributed by atoms with van der Waals surface area (Å²) in [7, 11) is -2.65. The summed E-state index contributed by atoms with van der Waals surface area (Å²) in [6, 6.07) is 9.92. The van der Waals surface area contributed by atoms with Gasteiger partial charge in [-0.1, -0.05) is 12.1 Å². The monoisotopic (exact) mass is 480 g/mol. The van der Waals surface area contributed by atoms with Crippen LogP contribution in [-0.4, -0.2) is 73.7 Å². The zero-order valence-corrected chi connectivity index (χ0v) is 18.9. The molecule has 0 spiro atoms. The smallest absolute Gasteiger partial charge is 0.300 e. The number of benzene rings is 2. The summed E-state index contributed by atoms with van der Waals surface area (Å²) in [5.74, 6) is -1.82. The van der Waals surface area contributed by atoms with E-state index in [0.29, 0.717) is 11.1 Å². The normalized spacial score (nSPS) is 14.1. The first kappa shape index (κ1) is 25.7. The molecule has 1 heterocycles. The van der Waals surface area contributed by atoms with Crippen molar-refractivity contribution < 1.29 is 32.2 Å². The number of ether oxygens (including phenoxy) is 1. The first-order valence-electron chi connectivity index (χ1n) is 9.74. The topological polar surface area (TPSA) is 154 Å². The van der Waals surface area contributed by atoms with E-state index in [1.807, 2.05) is 0 Å². The van der Waals surface area contributed by atoms with Gasteiger partial charge in [0.05, 0.1) is 7.11 Å². The van der Waals surface area contributed by atoms with E-state index < -0.39 is 26.7 Å². The fraction of sp³-hybridized carbons (Fsp3) is 0.286. The Balaban J connectivity index is 0.000000890. The van der Waals surface area contributed by atoms with Crippen molar-refractivity contribution >= 4 is 27.7 Å². The first-order chi connectivity index (χ1) is 15.5. The first-order valence-corrected chi connectivity index (χ1v) is 11.2. The van der Waals surface area contributed by atoms with E-state index in [9.17, 15) is 17.6 Å². The van der Waals surface area contributed by atoms with Crippen LogP contribution in [0.1, 0.15) is 22.8 Å². The lowest BCUT2D eigenvalue weighted by atomic mass is 10.1. The van der Waals surface area contributed by atoms with Gasteiger partial charge in [-0.3, -0.25) is 15.0 Å². The number of nitrogen functional groups attached to an aromatic ring is 1. The number of sulfonamides is 1. The number of aliphatic carboxylic acids is 1. The van der Waals surface area contributed by atoms with E-state index in [0.717, 1.165) is 13.0 Å². The van der Waals surface area contributed by atoms with Gasteiger partial charge in [0.25, 0.3) is 11.9 Å². The molecule has 0 aliphatic carbocycles. The minimum atomic E-state index is -4.02. The largest absolute Gasteiger partial charge is 0.497 e. The van der Waals surface area contributed by atoms with Gasteiger partial charge in [0.15, 0.2) is 0 Å². The van der Waals surface area contributed by atoms with Gasteiger partial charge in [0.1, 0.15) is 22.3 Å². The maximum absolute atomic E-state index is 14.2. The summed E-state index contributed by atoms with van der Waals surface area (Å²) in [6.07, 6.45) is 0. The van der Waals surface area contributed by atoms with E-state index in [4.69, 9.17) is 25.8 Å². The standard InChI is InChI=1S/C19H21FN4O4S.C2H4O2/c1-28-15-6-7-17(16(20)12-15)29(26,27)24-10-8-23(9-11-24)19(25)14-4-2-13(3-5-14)18(21)22;1-2(3)4/h2-7,12H,8-11H2,1H3,(H3,21,22);1H3,(H,3,4). The maximum atomic E-state index is 14.2. The van der Waals surface area contributed by atoms with Gasteiger partial charge >= 0.3 is 0 Å². The highest BCUT2D eigenvalue weighted by atomic mass is 32.2. The van der Waals surface area contributed by atoms with Crippen LogP contribution in [0.3, 0.4) is 0 Å².